The average molecular weight is 484 g/mol. The smallest absolute Gasteiger partial charge is 0.259 e. The number of nitrogens with two attached hydrogens (primary N) is 1. The van der Waals surface area contributed by atoms with E-state index in [0.717, 1.165) is 18.9 Å². The number of hydrogen-bond donors (Lipinski definition) is 4. The van der Waals surface area contributed by atoms with Crippen molar-refractivity contribution in [1.29, 1.82) is 5.41 Å². The molecule has 2 fully saturated rings. The van der Waals surface area contributed by atoms with Crippen molar-refractivity contribution < 1.29 is 28.6 Å². The molecule has 11 heteroatoms. The second-order valence-electron chi connectivity index (χ2n) is 8.37. The maximum absolute atomic E-state index is 14.4. The molecule has 5 N–H and O–H groups in total. The van der Waals surface area contributed by atoms with Crippen LogP contribution in [0.15, 0.2) is 42.5 Å². The zero-order valence-electron chi connectivity index (χ0n) is 18.9. The van der Waals surface area contributed by atoms with Crippen LogP contribution in [-0.2, 0) is 14.3 Å². The predicted molar refractivity (Wildman–Crippen MR) is 126 cm³/mol. The fourth-order valence-corrected chi connectivity index (χ4v) is 4.11. The van der Waals surface area contributed by atoms with E-state index < -0.39 is 35.7 Å². The SMILES string of the molecule is N=C(N)c1ccc(NC(=O)C(O)[C@H]2OCCN(c3ccc(F)c(C(=O)N4CCCC4)c3)C2=O)cc1. The first-order valence-corrected chi connectivity index (χ1v) is 11.2. The van der Waals surface area contributed by atoms with Gasteiger partial charge in [0.1, 0.15) is 11.7 Å². The van der Waals surface area contributed by atoms with Crippen LogP contribution in [0.25, 0.3) is 0 Å². The molecule has 0 bridgehead atoms. The molecule has 2 heterocycles. The topological polar surface area (TPSA) is 149 Å². The van der Waals surface area contributed by atoms with Crippen LogP contribution in [0.5, 0.6) is 0 Å². The highest BCUT2D eigenvalue weighted by Crippen LogP contribution is 2.25. The van der Waals surface area contributed by atoms with Crippen molar-refractivity contribution in [3.05, 3.63) is 59.4 Å². The zero-order chi connectivity index (χ0) is 25.1. The highest BCUT2D eigenvalue weighted by Gasteiger charge is 2.39. The Morgan fingerprint density at radius 3 is 2.49 bits per heavy atom. The summed E-state index contributed by atoms with van der Waals surface area (Å²) < 4.78 is 19.8. The molecule has 4 rings (SSSR count). The number of ether oxygens (including phenoxy) is 1. The van der Waals surface area contributed by atoms with Gasteiger partial charge in [-0.3, -0.25) is 19.8 Å². The minimum absolute atomic E-state index is 0.0286. The van der Waals surface area contributed by atoms with Crippen molar-refractivity contribution in [2.75, 3.05) is 36.5 Å². The lowest BCUT2D eigenvalue weighted by Crippen LogP contribution is -2.55. The number of amidine groups is 1. The molecule has 10 nitrogen and oxygen atoms in total. The van der Waals surface area contributed by atoms with Gasteiger partial charge in [-0.1, -0.05) is 0 Å². The molecule has 3 amide bonds. The number of nitrogens with zero attached hydrogens (tertiary/aromatic N) is 2. The van der Waals surface area contributed by atoms with Crippen molar-refractivity contribution in [3.63, 3.8) is 0 Å². The van der Waals surface area contributed by atoms with Crippen LogP contribution in [-0.4, -0.2) is 72.0 Å². The third-order valence-corrected chi connectivity index (χ3v) is 6.03. The number of likely N-dealkylation sites (tertiary alicyclic amines) is 1. The number of morpholine rings is 1. The largest absolute Gasteiger partial charge is 0.384 e. The van der Waals surface area contributed by atoms with Gasteiger partial charge >= 0.3 is 0 Å². The molecule has 0 saturated carbocycles. The van der Waals surface area contributed by atoms with Gasteiger partial charge in [0.2, 0.25) is 0 Å². The first-order valence-electron chi connectivity index (χ1n) is 11.2. The van der Waals surface area contributed by atoms with E-state index in [1.165, 1.54) is 41.3 Å². The van der Waals surface area contributed by atoms with Gasteiger partial charge in [-0.15, -0.1) is 0 Å². The number of carbonyl (C=O) groups is 3. The van der Waals surface area contributed by atoms with Crippen LogP contribution in [0.1, 0.15) is 28.8 Å². The van der Waals surface area contributed by atoms with Gasteiger partial charge in [-0.2, -0.15) is 0 Å². The first-order chi connectivity index (χ1) is 16.8. The third-order valence-electron chi connectivity index (χ3n) is 6.03. The lowest BCUT2D eigenvalue weighted by molar-refractivity contribution is -0.150. The number of rotatable bonds is 6. The van der Waals surface area contributed by atoms with Crippen LogP contribution in [0.3, 0.4) is 0 Å². The summed E-state index contributed by atoms with van der Waals surface area (Å²) in [6, 6.07) is 9.90. The van der Waals surface area contributed by atoms with Gasteiger partial charge < -0.3 is 30.7 Å². The lowest BCUT2D eigenvalue weighted by atomic mass is 10.1. The van der Waals surface area contributed by atoms with Crippen molar-refractivity contribution in [1.82, 2.24) is 4.90 Å². The van der Waals surface area contributed by atoms with Crippen LogP contribution in [0.4, 0.5) is 15.8 Å². The Bertz CT molecular complexity index is 1150. The summed E-state index contributed by atoms with van der Waals surface area (Å²) in [5.74, 6) is -2.79. The maximum atomic E-state index is 14.4. The number of hydrogen-bond acceptors (Lipinski definition) is 6. The average Bonchev–Trinajstić information content (AvgIpc) is 3.39. The van der Waals surface area contributed by atoms with Crippen molar-refractivity contribution >= 4 is 34.9 Å². The van der Waals surface area contributed by atoms with E-state index in [4.69, 9.17) is 15.9 Å². The monoisotopic (exact) mass is 483 g/mol. The minimum Gasteiger partial charge on any atom is -0.384 e. The molecule has 35 heavy (non-hydrogen) atoms. The molecule has 0 spiro atoms. The van der Waals surface area contributed by atoms with Crippen LogP contribution < -0.4 is 16.0 Å². The number of anilines is 2. The zero-order valence-corrected chi connectivity index (χ0v) is 18.9. The summed E-state index contributed by atoms with van der Waals surface area (Å²) in [5.41, 5.74) is 6.35. The fraction of sp³-hybridized carbons (Fsp3) is 0.333. The standard InChI is InChI=1S/C24H26FN5O5/c25-18-8-7-16(13-17(18)23(33)29-9-1-2-10-29)30-11-12-35-20(24(30)34)19(31)22(32)28-15-5-3-14(4-6-15)21(26)27/h3-8,13,19-20,31H,1-2,9-12H2,(H3,26,27)(H,28,32)/t19?,20-/m1/s1. The molecule has 0 aliphatic carbocycles. The summed E-state index contributed by atoms with van der Waals surface area (Å²) in [6.07, 6.45) is -1.58. The second kappa shape index (κ2) is 10.2. The molecule has 0 aromatic heterocycles. The molecular formula is C24H26FN5O5. The van der Waals surface area contributed by atoms with E-state index in [0.29, 0.717) is 24.3 Å². The second-order valence-corrected chi connectivity index (χ2v) is 8.37. The van der Waals surface area contributed by atoms with Gasteiger partial charge in [0.15, 0.2) is 12.2 Å². The quantitative estimate of drug-likeness (QED) is 0.357. The Morgan fingerprint density at radius 1 is 1.14 bits per heavy atom. The number of nitrogens with one attached hydrogen (secondary N) is 2. The molecule has 2 aliphatic heterocycles. The van der Waals surface area contributed by atoms with Gasteiger partial charge in [-0.25, -0.2) is 4.39 Å². The molecule has 1 unspecified atom stereocenters. The summed E-state index contributed by atoms with van der Waals surface area (Å²) in [7, 11) is 0. The van der Waals surface area contributed by atoms with E-state index in [1.807, 2.05) is 0 Å². The number of aliphatic hydroxyl groups excluding tert-OH is 1. The minimum atomic E-state index is -1.82. The van der Waals surface area contributed by atoms with Gasteiger partial charge in [-0.05, 0) is 55.3 Å². The number of aliphatic hydroxyl groups is 1. The number of nitrogen functional groups attached to an aromatic ring is 1. The molecule has 2 aromatic carbocycles. The third kappa shape index (κ3) is 5.15. The summed E-state index contributed by atoms with van der Waals surface area (Å²) in [6.45, 7) is 1.25. The van der Waals surface area contributed by atoms with Crippen LogP contribution in [0.2, 0.25) is 0 Å². The van der Waals surface area contributed by atoms with Gasteiger partial charge in [0, 0.05) is 36.6 Å². The molecule has 2 aromatic rings. The number of carbonyl (C=O) groups excluding carboxylic acids is 3. The summed E-state index contributed by atoms with van der Waals surface area (Å²) >= 11 is 0. The molecular weight excluding hydrogens is 457 g/mol. The van der Waals surface area contributed by atoms with E-state index in [9.17, 15) is 23.9 Å². The normalized spacial score (nSPS) is 18.9. The molecule has 2 saturated heterocycles. The Labute approximate surface area is 201 Å². The highest BCUT2D eigenvalue weighted by molar-refractivity contribution is 6.05. The first kappa shape index (κ1) is 24.3. The lowest BCUT2D eigenvalue weighted by Gasteiger charge is -2.34. The Morgan fingerprint density at radius 2 is 1.83 bits per heavy atom. The number of amides is 3. The van der Waals surface area contributed by atoms with E-state index in [1.54, 1.807) is 4.90 Å². The van der Waals surface area contributed by atoms with Gasteiger partial charge in [0.25, 0.3) is 17.7 Å². The number of benzene rings is 2. The van der Waals surface area contributed by atoms with Crippen molar-refractivity contribution in [2.45, 2.75) is 25.0 Å². The van der Waals surface area contributed by atoms with E-state index in [2.05, 4.69) is 5.32 Å². The molecule has 2 aliphatic rings. The van der Waals surface area contributed by atoms with Gasteiger partial charge in [0.05, 0.1) is 12.2 Å². The Hall–Kier alpha value is -3.83. The predicted octanol–water partition coefficient (Wildman–Crippen LogP) is 1.08. The number of halogens is 1. The maximum Gasteiger partial charge on any atom is 0.259 e. The Balaban J connectivity index is 1.48. The van der Waals surface area contributed by atoms with Crippen molar-refractivity contribution in [3.8, 4) is 0 Å². The molecule has 2 atom stereocenters. The van der Waals surface area contributed by atoms with E-state index >= 15 is 0 Å². The highest BCUT2D eigenvalue weighted by atomic mass is 19.1. The molecule has 0 radical (unpaired) electrons. The van der Waals surface area contributed by atoms with Crippen LogP contribution >= 0.6 is 0 Å². The van der Waals surface area contributed by atoms with Crippen LogP contribution in [0, 0.1) is 11.2 Å². The fourth-order valence-electron chi connectivity index (χ4n) is 4.11. The summed E-state index contributed by atoms with van der Waals surface area (Å²) in [4.78, 5) is 41.2. The van der Waals surface area contributed by atoms with Crippen molar-refractivity contribution in [2.24, 2.45) is 5.73 Å². The van der Waals surface area contributed by atoms with E-state index in [-0.39, 0.29) is 30.2 Å². The summed E-state index contributed by atoms with van der Waals surface area (Å²) in [5, 5.41) is 20.4. The molecule has 184 valence electrons. The Kier molecular flexibility index (Phi) is 7.08.